The molecule has 1 rings (SSSR count). The van der Waals surface area contributed by atoms with Crippen LogP contribution in [0.5, 0.6) is 0 Å². The summed E-state index contributed by atoms with van der Waals surface area (Å²) in [6.07, 6.45) is -2.30. The molecule has 1 N–H and O–H groups in total. The fourth-order valence-corrected chi connectivity index (χ4v) is 0.947. The lowest BCUT2D eigenvalue weighted by molar-refractivity contribution is -0.121. The van der Waals surface area contributed by atoms with E-state index in [1.807, 2.05) is 0 Å². The fraction of sp³-hybridized carbons (Fsp3) is 0.625. The zero-order chi connectivity index (χ0) is 12.8. The number of Topliss-reactive ketones (excluding diaryl/α,β-unsaturated/α-hetero) is 1. The van der Waals surface area contributed by atoms with Crippen LogP contribution in [0, 0.1) is 0 Å². The van der Waals surface area contributed by atoms with Crippen molar-refractivity contribution in [1.82, 2.24) is 20.2 Å². The van der Waals surface area contributed by atoms with Crippen LogP contribution in [0.4, 0.5) is 4.79 Å². The second kappa shape index (κ2) is 5.89. The van der Waals surface area contributed by atoms with E-state index in [0.29, 0.717) is 0 Å². The van der Waals surface area contributed by atoms with E-state index < -0.39 is 12.4 Å². The Morgan fingerprint density at radius 2 is 2.24 bits per heavy atom. The third-order valence-corrected chi connectivity index (χ3v) is 1.60. The van der Waals surface area contributed by atoms with Crippen LogP contribution < -0.4 is 0 Å². The molecular formula is C8H12N4O5. The number of carbonyl (C=O) groups is 2. The van der Waals surface area contributed by atoms with Crippen molar-refractivity contribution < 1.29 is 24.2 Å². The van der Waals surface area contributed by atoms with E-state index in [0.717, 1.165) is 4.80 Å². The predicted octanol–water partition coefficient (Wildman–Crippen LogP) is -0.00820. The van der Waals surface area contributed by atoms with Gasteiger partial charge in [-0.2, -0.15) is 0 Å². The number of aromatic nitrogens is 4. The monoisotopic (exact) mass is 244 g/mol. The minimum atomic E-state index is -1.43. The molecule has 0 aliphatic carbocycles. The Labute approximate surface area is 96.3 Å². The first-order valence-corrected chi connectivity index (χ1v) is 4.74. The zero-order valence-corrected chi connectivity index (χ0v) is 9.36. The summed E-state index contributed by atoms with van der Waals surface area (Å²) in [7, 11) is 0. The third-order valence-electron chi connectivity index (χ3n) is 1.60. The van der Waals surface area contributed by atoms with Crippen molar-refractivity contribution in [2.45, 2.75) is 26.7 Å². The Balaban J connectivity index is 2.47. The van der Waals surface area contributed by atoms with Crippen LogP contribution >= 0.6 is 0 Å². The number of nitrogens with zero attached hydrogens (tertiary/aromatic N) is 4. The minimum Gasteiger partial charge on any atom is -0.450 e. The van der Waals surface area contributed by atoms with Gasteiger partial charge in [-0.25, -0.2) is 4.79 Å². The fourth-order valence-electron chi connectivity index (χ4n) is 0.947. The average Bonchev–Trinajstić information content (AvgIpc) is 2.64. The van der Waals surface area contributed by atoms with E-state index in [1.165, 1.54) is 13.8 Å². The maximum Gasteiger partial charge on any atom is 0.507 e. The molecule has 17 heavy (non-hydrogen) atoms. The molecule has 0 unspecified atom stereocenters. The lowest BCUT2D eigenvalue weighted by Crippen LogP contribution is -2.16. The SMILES string of the molecule is CC(=O)COCc1nnn([C@H](C)OC(=O)O)n1. The van der Waals surface area contributed by atoms with Gasteiger partial charge in [-0.1, -0.05) is 0 Å². The molecule has 0 spiro atoms. The topological polar surface area (TPSA) is 116 Å². The number of ketones is 1. The van der Waals surface area contributed by atoms with Crippen molar-refractivity contribution in [3.8, 4) is 0 Å². The molecule has 0 aromatic carbocycles. The van der Waals surface area contributed by atoms with Crippen LogP contribution in [-0.2, 0) is 20.9 Å². The van der Waals surface area contributed by atoms with Gasteiger partial charge in [0.2, 0.25) is 12.1 Å². The van der Waals surface area contributed by atoms with Crippen LogP contribution in [0.15, 0.2) is 0 Å². The maximum absolute atomic E-state index is 10.6. The van der Waals surface area contributed by atoms with Gasteiger partial charge in [0.25, 0.3) is 0 Å². The van der Waals surface area contributed by atoms with Gasteiger partial charge in [0.15, 0.2) is 5.78 Å². The minimum absolute atomic E-state index is 0.0272. The second-order valence-electron chi connectivity index (χ2n) is 3.20. The second-order valence-corrected chi connectivity index (χ2v) is 3.20. The van der Waals surface area contributed by atoms with E-state index in [4.69, 9.17) is 9.84 Å². The number of rotatable bonds is 6. The van der Waals surface area contributed by atoms with Crippen molar-refractivity contribution in [3.63, 3.8) is 0 Å². The molecule has 1 heterocycles. The molecule has 0 aliphatic rings. The van der Waals surface area contributed by atoms with Gasteiger partial charge in [-0.3, -0.25) is 4.79 Å². The van der Waals surface area contributed by atoms with Gasteiger partial charge in [-0.15, -0.1) is 15.0 Å². The lowest BCUT2D eigenvalue weighted by Gasteiger charge is -2.07. The summed E-state index contributed by atoms with van der Waals surface area (Å²) in [5.74, 6) is 0.132. The number of ether oxygens (including phenoxy) is 2. The molecule has 0 saturated carbocycles. The van der Waals surface area contributed by atoms with E-state index >= 15 is 0 Å². The van der Waals surface area contributed by atoms with Crippen LogP contribution in [0.25, 0.3) is 0 Å². The van der Waals surface area contributed by atoms with E-state index in [9.17, 15) is 9.59 Å². The van der Waals surface area contributed by atoms with Gasteiger partial charge in [0.1, 0.15) is 13.2 Å². The average molecular weight is 244 g/mol. The van der Waals surface area contributed by atoms with Crippen LogP contribution in [0.2, 0.25) is 0 Å². The third kappa shape index (κ3) is 4.55. The van der Waals surface area contributed by atoms with Gasteiger partial charge in [-0.05, 0) is 19.1 Å². The van der Waals surface area contributed by atoms with Gasteiger partial charge in [0, 0.05) is 0 Å². The molecule has 9 nitrogen and oxygen atoms in total. The Kier molecular flexibility index (Phi) is 4.52. The summed E-state index contributed by atoms with van der Waals surface area (Å²) in [6, 6.07) is 0. The largest absolute Gasteiger partial charge is 0.507 e. The van der Waals surface area contributed by atoms with Crippen LogP contribution in [0.1, 0.15) is 25.9 Å². The van der Waals surface area contributed by atoms with E-state index in [1.54, 1.807) is 0 Å². The van der Waals surface area contributed by atoms with E-state index in [-0.39, 0.29) is 24.8 Å². The molecule has 94 valence electrons. The summed E-state index contributed by atoms with van der Waals surface area (Å²) in [4.78, 5) is 21.9. The number of hydrogen-bond acceptors (Lipinski definition) is 7. The summed E-state index contributed by atoms with van der Waals surface area (Å²) < 4.78 is 9.38. The standard InChI is InChI=1S/C8H12N4O5/c1-5(13)3-16-4-7-9-11-12(10-7)6(2)17-8(14)15/h6H,3-4H2,1-2H3,(H,14,15)/t6-/m0/s1. The molecule has 0 fully saturated rings. The Bertz CT molecular complexity index is 404. The first-order valence-electron chi connectivity index (χ1n) is 4.74. The molecular weight excluding hydrogens is 232 g/mol. The predicted molar refractivity (Wildman–Crippen MR) is 52.0 cm³/mol. The van der Waals surface area contributed by atoms with Gasteiger partial charge < -0.3 is 14.6 Å². The van der Waals surface area contributed by atoms with Crippen molar-refractivity contribution in [2.24, 2.45) is 0 Å². The molecule has 0 amide bonds. The van der Waals surface area contributed by atoms with Crippen molar-refractivity contribution in [3.05, 3.63) is 5.82 Å². The molecule has 1 aromatic heterocycles. The molecule has 1 aromatic rings. The summed E-state index contributed by atoms with van der Waals surface area (Å²) >= 11 is 0. The first-order chi connectivity index (χ1) is 7.99. The highest BCUT2D eigenvalue weighted by atomic mass is 16.7. The Hall–Kier alpha value is -2.03. The quantitative estimate of drug-likeness (QED) is 0.694. The number of hydrogen-bond donors (Lipinski definition) is 1. The lowest BCUT2D eigenvalue weighted by atomic mass is 10.5. The summed E-state index contributed by atoms with van der Waals surface area (Å²) in [6.45, 7) is 2.85. The highest BCUT2D eigenvalue weighted by molar-refractivity contribution is 5.76. The molecule has 1 atom stereocenters. The number of tetrazole rings is 1. The zero-order valence-electron chi connectivity index (χ0n) is 9.36. The molecule has 0 radical (unpaired) electrons. The van der Waals surface area contributed by atoms with E-state index in [2.05, 4.69) is 20.1 Å². The van der Waals surface area contributed by atoms with Gasteiger partial charge in [0.05, 0.1) is 0 Å². The molecule has 0 bridgehead atoms. The smallest absolute Gasteiger partial charge is 0.450 e. The summed E-state index contributed by atoms with van der Waals surface area (Å²) in [5, 5.41) is 19.4. The van der Waals surface area contributed by atoms with Gasteiger partial charge >= 0.3 is 6.16 Å². The van der Waals surface area contributed by atoms with Crippen LogP contribution in [0.3, 0.4) is 0 Å². The number of carboxylic acid groups (broad SMARTS) is 1. The van der Waals surface area contributed by atoms with Crippen molar-refractivity contribution in [1.29, 1.82) is 0 Å². The normalized spacial score (nSPS) is 12.1. The van der Waals surface area contributed by atoms with Crippen LogP contribution in [-0.4, -0.2) is 43.9 Å². The Morgan fingerprint density at radius 1 is 1.53 bits per heavy atom. The molecule has 9 heteroatoms. The highest BCUT2D eigenvalue weighted by Crippen LogP contribution is 2.03. The Morgan fingerprint density at radius 3 is 2.82 bits per heavy atom. The molecule has 0 saturated heterocycles. The highest BCUT2D eigenvalue weighted by Gasteiger charge is 2.13. The first kappa shape index (κ1) is 13.0. The maximum atomic E-state index is 10.6. The van der Waals surface area contributed by atoms with Crippen molar-refractivity contribution >= 4 is 11.9 Å². The van der Waals surface area contributed by atoms with Crippen molar-refractivity contribution in [2.75, 3.05) is 6.61 Å². The summed E-state index contributed by atoms with van der Waals surface area (Å²) in [5.41, 5.74) is 0. The number of carbonyl (C=O) groups excluding carboxylic acids is 1. The molecule has 0 aliphatic heterocycles.